The lowest BCUT2D eigenvalue weighted by molar-refractivity contribution is 0.187. The second kappa shape index (κ2) is 4.29. The van der Waals surface area contributed by atoms with E-state index < -0.39 is 6.09 Å². The van der Waals surface area contributed by atoms with Gasteiger partial charge < -0.3 is 4.74 Å². The second-order valence-corrected chi connectivity index (χ2v) is 3.72. The maximum Gasteiger partial charge on any atom is 0.412 e. The van der Waals surface area contributed by atoms with E-state index in [1.807, 2.05) is 18.3 Å². The van der Waals surface area contributed by atoms with Crippen molar-refractivity contribution in [1.82, 2.24) is 4.98 Å². The van der Waals surface area contributed by atoms with Gasteiger partial charge in [-0.25, -0.2) is 9.78 Å². The molecule has 1 heterocycles. The monoisotopic (exact) mass is 206 g/mol. The van der Waals surface area contributed by atoms with Gasteiger partial charge in [0.1, 0.15) is 5.82 Å². The summed E-state index contributed by atoms with van der Waals surface area (Å²) in [6.45, 7) is 0. The van der Waals surface area contributed by atoms with E-state index in [-0.39, 0.29) is 0 Å². The van der Waals surface area contributed by atoms with Crippen molar-refractivity contribution in [3.63, 3.8) is 0 Å². The van der Waals surface area contributed by atoms with E-state index in [0.29, 0.717) is 11.7 Å². The van der Waals surface area contributed by atoms with Crippen LogP contribution in [-0.4, -0.2) is 18.2 Å². The predicted octanol–water partition coefficient (Wildman–Crippen LogP) is 2.53. The van der Waals surface area contributed by atoms with Gasteiger partial charge in [-0.3, -0.25) is 5.32 Å². The quantitative estimate of drug-likeness (QED) is 0.808. The molecule has 0 unspecified atom stereocenters. The molecular formula is C11H14N2O2. The molecule has 0 aromatic carbocycles. The van der Waals surface area contributed by atoms with E-state index in [1.54, 1.807) is 0 Å². The molecule has 1 aliphatic carbocycles. The standard InChI is InChI=1S/C11H14N2O2/c1-15-11(14)13-10-6-5-9(7-12-10)8-3-2-4-8/h5-8H,2-4H2,1H3,(H,12,13,14). The van der Waals surface area contributed by atoms with Crippen molar-refractivity contribution in [2.24, 2.45) is 0 Å². The Balaban J connectivity index is 2.00. The third-order valence-corrected chi connectivity index (χ3v) is 2.78. The molecular weight excluding hydrogens is 192 g/mol. The smallest absolute Gasteiger partial charge is 0.412 e. The van der Waals surface area contributed by atoms with Crippen LogP contribution in [0.3, 0.4) is 0 Å². The molecule has 0 saturated heterocycles. The second-order valence-electron chi connectivity index (χ2n) is 3.72. The fraction of sp³-hybridized carbons (Fsp3) is 0.455. The van der Waals surface area contributed by atoms with Gasteiger partial charge in [0.25, 0.3) is 0 Å². The van der Waals surface area contributed by atoms with Crippen LogP contribution >= 0.6 is 0 Å². The van der Waals surface area contributed by atoms with E-state index in [9.17, 15) is 4.79 Å². The number of hydrogen-bond acceptors (Lipinski definition) is 3. The Morgan fingerprint density at radius 2 is 2.33 bits per heavy atom. The Bertz CT molecular complexity index is 344. The highest BCUT2D eigenvalue weighted by atomic mass is 16.5. The van der Waals surface area contributed by atoms with Crippen LogP contribution in [0.15, 0.2) is 18.3 Å². The molecule has 1 saturated carbocycles. The van der Waals surface area contributed by atoms with Crippen molar-refractivity contribution < 1.29 is 9.53 Å². The fourth-order valence-corrected chi connectivity index (χ4v) is 1.62. The zero-order valence-corrected chi connectivity index (χ0v) is 8.69. The molecule has 1 aromatic heterocycles. The summed E-state index contributed by atoms with van der Waals surface area (Å²) in [5.41, 5.74) is 1.26. The first-order valence-electron chi connectivity index (χ1n) is 5.10. The zero-order valence-electron chi connectivity index (χ0n) is 8.69. The Hall–Kier alpha value is -1.58. The van der Waals surface area contributed by atoms with Gasteiger partial charge in [0.05, 0.1) is 7.11 Å². The van der Waals surface area contributed by atoms with Crippen LogP contribution in [0.1, 0.15) is 30.7 Å². The van der Waals surface area contributed by atoms with Crippen molar-refractivity contribution in [3.05, 3.63) is 23.9 Å². The Kier molecular flexibility index (Phi) is 2.85. The van der Waals surface area contributed by atoms with Gasteiger partial charge in [-0.05, 0) is 30.4 Å². The van der Waals surface area contributed by atoms with Gasteiger partial charge in [-0.15, -0.1) is 0 Å². The number of hydrogen-bond donors (Lipinski definition) is 1. The lowest BCUT2D eigenvalue weighted by atomic mass is 9.81. The summed E-state index contributed by atoms with van der Waals surface area (Å²) in [5.74, 6) is 1.20. The normalized spacial score (nSPS) is 15.5. The van der Waals surface area contributed by atoms with Crippen LogP contribution in [0, 0.1) is 0 Å². The van der Waals surface area contributed by atoms with Crippen molar-refractivity contribution >= 4 is 11.9 Å². The molecule has 0 atom stereocenters. The third-order valence-electron chi connectivity index (χ3n) is 2.78. The predicted molar refractivity (Wildman–Crippen MR) is 56.9 cm³/mol. The molecule has 0 radical (unpaired) electrons. The topological polar surface area (TPSA) is 51.2 Å². The summed E-state index contributed by atoms with van der Waals surface area (Å²) in [4.78, 5) is 15.1. The van der Waals surface area contributed by atoms with Crippen molar-refractivity contribution in [2.45, 2.75) is 25.2 Å². The molecule has 80 valence electrons. The number of ether oxygens (including phenoxy) is 1. The number of pyridine rings is 1. The maximum absolute atomic E-state index is 10.9. The Morgan fingerprint density at radius 1 is 1.53 bits per heavy atom. The molecule has 1 N–H and O–H groups in total. The molecule has 1 aromatic rings. The SMILES string of the molecule is COC(=O)Nc1ccc(C2CCC2)cn1. The third kappa shape index (κ3) is 2.26. The number of amides is 1. The molecule has 0 aliphatic heterocycles. The van der Waals surface area contributed by atoms with Crippen LogP contribution in [0.25, 0.3) is 0 Å². The average molecular weight is 206 g/mol. The van der Waals surface area contributed by atoms with Gasteiger partial charge in [0.15, 0.2) is 0 Å². The molecule has 0 spiro atoms. The first-order chi connectivity index (χ1) is 7.29. The van der Waals surface area contributed by atoms with Crippen LogP contribution in [-0.2, 0) is 4.74 Å². The minimum atomic E-state index is -0.487. The maximum atomic E-state index is 10.9. The summed E-state index contributed by atoms with van der Waals surface area (Å²) in [7, 11) is 1.33. The van der Waals surface area contributed by atoms with Gasteiger partial charge in [0, 0.05) is 6.20 Å². The summed E-state index contributed by atoms with van der Waals surface area (Å²) in [6, 6.07) is 3.83. The molecule has 1 aliphatic rings. The van der Waals surface area contributed by atoms with E-state index in [4.69, 9.17) is 0 Å². The summed E-state index contributed by atoms with van der Waals surface area (Å²) < 4.78 is 4.47. The summed E-state index contributed by atoms with van der Waals surface area (Å²) in [5, 5.41) is 2.52. The van der Waals surface area contributed by atoms with Crippen LogP contribution < -0.4 is 5.32 Å². The Labute approximate surface area is 88.7 Å². The van der Waals surface area contributed by atoms with E-state index in [2.05, 4.69) is 15.0 Å². The van der Waals surface area contributed by atoms with Gasteiger partial charge >= 0.3 is 6.09 Å². The summed E-state index contributed by atoms with van der Waals surface area (Å²) in [6.07, 6.45) is 5.16. The number of carbonyl (C=O) groups excluding carboxylic acids is 1. The minimum Gasteiger partial charge on any atom is -0.453 e. The molecule has 0 bridgehead atoms. The Morgan fingerprint density at radius 3 is 2.80 bits per heavy atom. The highest BCUT2D eigenvalue weighted by Gasteiger charge is 2.19. The molecule has 4 nitrogen and oxygen atoms in total. The van der Waals surface area contributed by atoms with Crippen molar-refractivity contribution in [1.29, 1.82) is 0 Å². The first-order valence-corrected chi connectivity index (χ1v) is 5.10. The molecule has 2 rings (SSSR count). The largest absolute Gasteiger partial charge is 0.453 e. The van der Waals surface area contributed by atoms with E-state index >= 15 is 0 Å². The van der Waals surface area contributed by atoms with Crippen LogP contribution in [0.5, 0.6) is 0 Å². The summed E-state index contributed by atoms with van der Waals surface area (Å²) >= 11 is 0. The number of rotatable bonds is 2. The minimum absolute atomic E-state index is 0.487. The van der Waals surface area contributed by atoms with Crippen LogP contribution in [0.2, 0.25) is 0 Å². The number of carbonyl (C=O) groups is 1. The highest BCUT2D eigenvalue weighted by Crippen LogP contribution is 2.35. The number of aromatic nitrogens is 1. The van der Waals surface area contributed by atoms with Gasteiger partial charge in [-0.1, -0.05) is 12.5 Å². The zero-order chi connectivity index (χ0) is 10.7. The van der Waals surface area contributed by atoms with E-state index in [0.717, 1.165) is 0 Å². The number of nitrogens with zero attached hydrogens (tertiary/aromatic N) is 1. The highest BCUT2D eigenvalue weighted by molar-refractivity contribution is 5.83. The van der Waals surface area contributed by atoms with Crippen LogP contribution in [0.4, 0.5) is 10.6 Å². The lowest BCUT2D eigenvalue weighted by Crippen LogP contribution is -2.13. The average Bonchev–Trinajstić information content (AvgIpc) is 2.18. The molecule has 15 heavy (non-hydrogen) atoms. The number of anilines is 1. The fourth-order valence-electron chi connectivity index (χ4n) is 1.62. The molecule has 1 amide bonds. The van der Waals surface area contributed by atoms with Gasteiger partial charge in [0.2, 0.25) is 0 Å². The molecule has 4 heteroatoms. The van der Waals surface area contributed by atoms with Gasteiger partial charge in [-0.2, -0.15) is 0 Å². The first kappa shape index (κ1) is 9.96. The number of methoxy groups -OCH3 is 1. The van der Waals surface area contributed by atoms with E-state index in [1.165, 1.54) is 31.9 Å². The van der Waals surface area contributed by atoms with Crippen molar-refractivity contribution in [3.8, 4) is 0 Å². The lowest BCUT2D eigenvalue weighted by Gasteiger charge is -2.25. The van der Waals surface area contributed by atoms with Crippen molar-refractivity contribution in [2.75, 3.05) is 12.4 Å². The molecule has 1 fully saturated rings. The number of nitrogens with one attached hydrogen (secondary N) is 1.